The summed E-state index contributed by atoms with van der Waals surface area (Å²) in [5, 5.41) is 18.1. The summed E-state index contributed by atoms with van der Waals surface area (Å²) in [7, 11) is 0. The van der Waals surface area contributed by atoms with Crippen LogP contribution in [0, 0.1) is 0 Å². The van der Waals surface area contributed by atoms with Crippen LogP contribution in [0.25, 0.3) is 0 Å². The van der Waals surface area contributed by atoms with Gasteiger partial charge in [-0.2, -0.15) is 0 Å². The molecular formula is C8H8O9. The fourth-order valence-electron chi connectivity index (χ4n) is 0.882. The largest absolute Gasteiger partial charge is 0.479 e. The lowest BCUT2D eigenvalue weighted by molar-refractivity contribution is -0.174. The van der Waals surface area contributed by atoms with Crippen LogP contribution in [0.2, 0.25) is 0 Å². The topological polar surface area (TPSA) is 144 Å². The number of esters is 2. The molecule has 0 fully saturated rings. The molecule has 9 heteroatoms. The molecule has 0 heterocycles. The average molecular weight is 248 g/mol. The first-order chi connectivity index (χ1) is 7.85. The molecule has 0 aliphatic heterocycles. The second-order valence-electron chi connectivity index (χ2n) is 2.86. The first-order valence-corrected chi connectivity index (χ1v) is 4.07. The monoisotopic (exact) mass is 248 g/mol. The highest BCUT2D eigenvalue weighted by molar-refractivity contribution is 5.91. The summed E-state index contributed by atoms with van der Waals surface area (Å²) < 4.78 is 7.53. The van der Waals surface area contributed by atoms with Crippen molar-refractivity contribution in [3.63, 3.8) is 0 Å². The van der Waals surface area contributed by atoms with Crippen LogP contribution in [0.1, 0.15) is 12.8 Å². The molecular weight excluding hydrogens is 240 g/mol. The molecule has 0 rings (SSSR count). The molecule has 0 saturated heterocycles. The molecule has 2 N–H and O–H groups in total. The molecule has 0 bridgehead atoms. The molecule has 0 spiro atoms. The van der Waals surface area contributed by atoms with Crippen LogP contribution in [-0.2, 0) is 33.4 Å². The molecule has 0 amide bonds. The minimum atomic E-state index is -2.81. The molecule has 9 nitrogen and oxygen atoms in total. The Kier molecular flexibility index (Phi) is 5.47. The van der Waals surface area contributed by atoms with Crippen LogP contribution < -0.4 is 0 Å². The van der Waals surface area contributed by atoms with E-state index in [1.54, 1.807) is 0 Å². The molecule has 0 saturated carbocycles. The van der Waals surface area contributed by atoms with Crippen molar-refractivity contribution in [3.05, 3.63) is 0 Å². The predicted molar refractivity (Wildman–Crippen MR) is 46.1 cm³/mol. The van der Waals surface area contributed by atoms with Crippen molar-refractivity contribution in [2.75, 3.05) is 0 Å². The van der Waals surface area contributed by atoms with Crippen molar-refractivity contribution in [1.82, 2.24) is 0 Å². The van der Waals surface area contributed by atoms with E-state index in [4.69, 9.17) is 5.11 Å². The minimum absolute atomic E-state index is 0.256. The summed E-state index contributed by atoms with van der Waals surface area (Å²) >= 11 is 0. The lowest BCUT2D eigenvalue weighted by atomic mass is 9.96. The highest BCUT2D eigenvalue weighted by Crippen LogP contribution is 2.17. The second kappa shape index (κ2) is 6.33. The van der Waals surface area contributed by atoms with Gasteiger partial charge in [0.05, 0.1) is 12.8 Å². The third kappa shape index (κ3) is 4.84. The number of aliphatic hydroxyl groups is 1. The summed E-state index contributed by atoms with van der Waals surface area (Å²) in [4.78, 5) is 51.8. The Morgan fingerprint density at radius 3 is 1.59 bits per heavy atom. The van der Waals surface area contributed by atoms with Gasteiger partial charge >= 0.3 is 30.9 Å². The zero-order valence-corrected chi connectivity index (χ0v) is 8.32. The summed E-state index contributed by atoms with van der Waals surface area (Å²) in [5.41, 5.74) is -2.81. The normalized spacial score (nSPS) is 10.2. The maximum Gasteiger partial charge on any atom is 0.336 e. The number of aliphatic carboxylic acids is 1. The second-order valence-corrected chi connectivity index (χ2v) is 2.86. The molecule has 17 heavy (non-hydrogen) atoms. The number of rotatable bonds is 7. The maximum atomic E-state index is 10.8. The van der Waals surface area contributed by atoms with Crippen molar-refractivity contribution in [2.24, 2.45) is 0 Å². The van der Waals surface area contributed by atoms with Crippen LogP contribution in [0.3, 0.4) is 0 Å². The Morgan fingerprint density at radius 1 is 1.00 bits per heavy atom. The van der Waals surface area contributed by atoms with E-state index in [1.165, 1.54) is 0 Å². The summed E-state index contributed by atoms with van der Waals surface area (Å²) in [6.45, 7) is -0.511. The number of carbonyl (C=O) groups is 5. The third-order valence-electron chi connectivity index (χ3n) is 1.63. The van der Waals surface area contributed by atoms with Gasteiger partial charge in [0.25, 0.3) is 0 Å². The highest BCUT2D eigenvalue weighted by Gasteiger charge is 2.42. The van der Waals surface area contributed by atoms with E-state index in [0.29, 0.717) is 0 Å². The quantitative estimate of drug-likeness (QED) is 0.296. The fraction of sp³-hybridized carbons (Fsp3) is 0.375. The predicted octanol–water partition coefficient (Wildman–Crippen LogP) is -2.02. The molecule has 0 aliphatic rings. The van der Waals surface area contributed by atoms with Crippen LogP contribution in [0.5, 0.6) is 0 Å². The highest BCUT2D eigenvalue weighted by atomic mass is 16.6. The van der Waals surface area contributed by atoms with E-state index < -0.39 is 36.4 Å². The molecule has 94 valence electrons. The molecule has 0 radical (unpaired) electrons. The van der Waals surface area contributed by atoms with Crippen molar-refractivity contribution in [3.8, 4) is 0 Å². The smallest absolute Gasteiger partial charge is 0.336 e. The Hall–Kier alpha value is -2.29. The van der Waals surface area contributed by atoms with Gasteiger partial charge in [0.2, 0.25) is 0 Å². The van der Waals surface area contributed by atoms with Crippen LogP contribution in [0.4, 0.5) is 0 Å². The number of ether oxygens (including phenoxy) is 2. The fourth-order valence-corrected chi connectivity index (χ4v) is 0.882. The zero-order valence-electron chi connectivity index (χ0n) is 8.32. The standard InChI is InChI=1S/C8H8O9/c9-3-16-5(11)1-8(15,7(13)14)2-6(12)17-4-10/h3-4,15H,1-2H2,(H,13,14). The summed E-state index contributed by atoms with van der Waals surface area (Å²) in [6, 6.07) is 0. The van der Waals surface area contributed by atoms with Crippen LogP contribution in [0.15, 0.2) is 0 Å². The Labute approximate surface area is 93.9 Å². The van der Waals surface area contributed by atoms with E-state index in [9.17, 15) is 29.1 Å². The van der Waals surface area contributed by atoms with E-state index in [-0.39, 0.29) is 12.9 Å². The molecule has 0 aromatic rings. The lowest BCUT2D eigenvalue weighted by Gasteiger charge is -2.19. The van der Waals surface area contributed by atoms with Gasteiger partial charge in [-0.1, -0.05) is 0 Å². The van der Waals surface area contributed by atoms with Gasteiger partial charge in [-0.15, -0.1) is 0 Å². The van der Waals surface area contributed by atoms with Gasteiger partial charge in [0.1, 0.15) is 0 Å². The number of carboxylic acids is 1. The van der Waals surface area contributed by atoms with Crippen molar-refractivity contribution in [1.29, 1.82) is 0 Å². The summed E-state index contributed by atoms with van der Waals surface area (Å²) in [6.07, 6.45) is -2.29. The number of hydrogen-bond acceptors (Lipinski definition) is 8. The number of carboxylic acid groups (broad SMARTS) is 1. The Morgan fingerprint density at radius 2 is 1.35 bits per heavy atom. The van der Waals surface area contributed by atoms with Gasteiger partial charge in [0, 0.05) is 0 Å². The van der Waals surface area contributed by atoms with Gasteiger partial charge in [-0.3, -0.25) is 19.2 Å². The first kappa shape index (κ1) is 14.7. The lowest BCUT2D eigenvalue weighted by Crippen LogP contribution is -2.43. The average Bonchev–Trinajstić information content (AvgIpc) is 2.17. The van der Waals surface area contributed by atoms with Crippen molar-refractivity contribution in [2.45, 2.75) is 18.4 Å². The van der Waals surface area contributed by atoms with Crippen LogP contribution in [-0.4, -0.2) is 46.7 Å². The summed E-state index contributed by atoms with van der Waals surface area (Å²) in [5.74, 6) is -4.59. The van der Waals surface area contributed by atoms with Gasteiger partial charge in [-0.25, -0.2) is 4.79 Å². The van der Waals surface area contributed by atoms with E-state index in [0.717, 1.165) is 0 Å². The first-order valence-electron chi connectivity index (χ1n) is 4.07. The third-order valence-corrected chi connectivity index (χ3v) is 1.63. The number of hydrogen-bond donors (Lipinski definition) is 2. The van der Waals surface area contributed by atoms with Gasteiger partial charge in [0.15, 0.2) is 5.60 Å². The Balaban J connectivity index is 4.72. The molecule has 0 aliphatic carbocycles. The Bertz CT molecular complexity index is 321. The van der Waals surface area contributed by atoms with Crippen molar-refractivity contribution >= 4 is 30.9 Å². The maximum absolute atomic E-state index is 10.8. The van der Waals surface area contributed by atoms with Gasteiger partial charge < -0.3 is 19.7 Å². The van der Waals surface area contributed by atoms with Gasteiger partial charge in [-0.05, 0) is 0 Å². The SMILES string of the molecule is O=COC(=O)CC(O)(CC(=O)OC=O)C(=O)O. The molecule has 0 aromatic carbocycles. The van der Waals surface area contributed by atoms with Crippen LogP contribution >= 0.6 is 0 Å². The minimum Gasteiger partial charge on any atom is -0.479 e. The number of carbonyl (C=O) groups excluding carboxylic acids is 4. The van der Waals surface area contributed by atoms with E-state index >= 15 is 0 Å². The molecule has 0 aromatic heterocycles. The van der Waals surface area contributed by atoms with Crippen molar-refractivity contribution < 1.29 is 43.7 Å². The van der Waals surface area contributed by atoms with E-state index in [1.807, 2.05) is 0 Å². The van der Waals surface area contributed by atoms with E-state index in [2.05, 4.69) is 9.47 Å². The molecule has 0 unspecified atom stereocenters. The zero-order chi connectivity index (χ0) is 13.5. The molecule has 0 atom stereocenters.